The number of fused-ring (bicyclic) bond motifs is 1. The lowest BCUT2D eigenvalue weighted by Gasteiger charge is -2.12. The molecule has 0 bridgehead atoms. The SMILES string of the molecule is [2H]C([2H])(Oc1ccc2oc(C)c(C(=O)N[C@@H](CO)C(N)=O)c2c1)c1ccnn1C. The summed E-state index contributed by atoms with van der Waals surface area (Å²) in [4.78, 5) is 23.9. The molecule has 0 saturated heterocycles. The first kappa shape index (κ1) is 15.9. The fraction of sp³-hybridized carbons (Fsp3) is 0.278. The van der Waals surface area contributed by atoms with Gasteiger partial charge in [0.05, 0.1) is 20.6 Å². The number of ether oxygens (including phenoxy) is 1. The molecule has 2 aromatic heterocycles. The van der Waals surface area contributed by atoms with Crippen molar-refractivity contribution >= 4 is 22.8 Å². The number of aliphatic hydroxyl groups is 1. The number of benzene rings is 1. The fourth-order valence-electron chi connectivity index (χ4n) is 2.57. The maximum atomic E-state index is 12.6. The van der Waals surface area contributed by atoms with Crippen molar-refractivity contribution in [1.82, 2.24) is 15.1 Å². The second kappa shape index (κ2) is 7.50. The topological polar surface area (TPSA) is 133 Å². The molecule has 9 nitrogen and oxygen atoms in total. The number of nitrogens with one attached hydrogen (secondary N) is 1. The number of hydrogen-bond donors (Lipinski definition) is 3. The summed E-state index contributed by atoms with van der Waals surface area (Å²) in [6.45, 7) is -1.24. The standard InChI is InChI=1S/C18H20N4O5/c1-10-16(18(25)21-14(8-23)17(19)24)13-7-12(3-4-15(13)27-10)26-9-11-5-6-20-22(11)2/h3-7,14,23H,8-9H2,1-2H3,(H2,19,24)(H,21,25)/t14-/m0/s1/i9D2. The van der Waals surface area contributed by atoms with Crippen molar-refractivity contribution in [2.75, 3.05) is 6.61 Å². The largest absolute Gasteiger partial charge is 0.487 e. The molecule has 0 radical (unpaired) electrons. The van der Waals surface area contributed by atoms with E-state index < -0.39 is 31.0 Å². The number of hydrogen-bond acceptors (Lipinski definition) is 6. The van der Waals surface area contributed by atoms with Crippen molar-refractivity contribution in [1.29, 1.82) is 0 Å². The van der Waals surface area contributed by atoms with Gasteiger partial charge in [-0.3, -0.25) is 14.3 Å². The Morgan fingerprint density at radius 3 is 2.89 bits per heavy atom. The molecule has 3 rings (SSSR count). The van der Waals surface area contributed by atoms with E-state index in [-0.39, 0.29) is 22.8 Å². The summed E-state index contributed by atoms with van der Waals surface area (Å²) in [7, 11) is 1.60. The van der Waals surface area contributed by atoms with Crippen molar-refractivity contribution in [2.24, 2.45) is 12.8 Å². The summed E-state index contributed by atoms with van der Waals surface area (Å²) in [5.74, 6) is -1.09. The van der Waals surface area contributed by atoms with Crippen molar-refractivity contribution in [3.63, 3.8) is 0 Å². The molecule has 27 heavy (non-hydrogen) atoms. The smallest absolute Gasteiger partial charge is 0.256 e. The Kier molecular flexibility index (Phi) is 4.41. The number of nitrogens with zero attached hydrogens (tertiary/aromatic N) is 2. The third-order valence-corrected chi connectivity index (χ3v) is 3.99. The molecule has 142 valence electrons. The zero-order valence-electron chi connectivity index (χ0n) is 16.7. The highest BCUT2D eigenvalue weighted by Crippen LogP contribution is 2.29. The van der Waals surface area contributed by atoms with Crippen LogP contribution in [-0.4, -0.2) is 39.4 Å². The molecule has 0 aliphatic heterocycles. The lowest BCUT2D eigenvalue weighted by atomic mass is 10.1. The number of carbonyl (C=O) groups is 2. The quantitative estimate of drug-likeness (QED) is 0.556. The Hall–Kier alpha value is -3.33. The molecule has 1 aromatic carbocycles. The van der Waals surface area contributed by atoms with E-state index in [9.17, 15) is 14.7 Å². The van der Waals surface area contributed by atoms with E-state index in [2.05, 4.69) is 10.4 Å². The normalized spacial score (nSPS) is 13.7. The molecule has 0 unspecified atom stereocenters. The van der Waals surface area contributed by atoms with E-state index in [1.807, 2.05) is 0 Å². The maximum absolute atomic E-state index is 12.6. The third kappa shape index (κ3) is 3.77. The lowest BCUT2D eigenvalue weighted by Crippen LogP contribution is -2.46. The summed E-state index contributed by atoms with van der Waals surface area (Å²) in [6.07, 6.45) is 1.46. The number of primary amides is 1. The molecule has 0 spiro atoms. The fourth-order valence-corrected chi connectivity index (χ4v) is 2.57. The summed E-state index contributed by atoms with van der Waals surface area (Å²) >= 11 is 0. The van der Waals surface area contributed by atoms with Gasteiger partial charge in [-0.15, -0.1) is 0 Å². The number of rotatable bonds is 7. The van der Waals surface area contributed by atoms with Gasteiger partial charge in [0.25, 0.3) is 5.91 Å². The highest BCUT2D eigenvalue weighted by Gasteiger charge is 2.23. The summed E-state index contributed by atoms with van der Waals surface area (Å²) in [5.41, 5.74) is 5.87. The molecule has 0 fully saturated rings. The molecule has 4 N–H and O–H groups in total. The van der Waals surface area contributed by atoms with Crippen LogP contribution in [-0.2, 0) is 18.4 Å². The Balaban J connectivity index is 1.95. The van der Waals surface area contributed by atoms with Crippen molar-refractivity contribution in [3.05, 3.63) is 47.5 Å². The van der Waals surface area contributed by atoms with Gasteiger partial charge in [-0.2, -0.15) is 5.10 Å². The van der Waals surface area contributed by atoms with E-state index in [0.717, 1.165) is 0 Å². The molecule has 0 aliphatic rings. The first-order chi connectivity index (χ1) is 13.6. The van der Waals surface area contributed by atoms with E-state index in [1.165, 1.54) is 29.1 Å². The molecule has 0 aliphatic carbocycles. The number of carbonyl (C=O) groups excluding carboxylic acids is 2. The highest BCUT2D eigenvalue weighted by atomic mass is 16.5. The molecular weight excluding hydrogens is 352 g/mol. The van der Waals surface area contributed by atoms with Crippen molar-refractivity contribution in [2.45, 2.75) is 19.5 Å². The molecule has 3 aromatic rings. The minimum absolute atomic E-state index is 0.131. The first-order valence-electron chi connectivity index (χ1n) is 9.05. The Morgan fingerprint density at radius 1 is 1.48 bits per heavy atom. The van der Waals surface area contributed by atoms with Gasteiger partial charge in [0.2, 0.25) is 5.91 Å². The van der Waals surface area contributed by atoms with Crippen LogP contribution in [0.5, 0.6) is 5.75 Å². The van der Waals surface area contributed by atoms with Crippen LogP contribution >= 0.6 is 0 Å². The average Bonchev–Trinajstić information content (AvgIpc) is 3.21. The number of nitrogens with two attached hydrogens (primary N) is 1. The second-order valence-corrected chi connectivity index (χ2v) is 5.85. The summed E-state index contributed by atoms with van der Waals surface area (Å²) in [6, 6.07) is 4.78. The predicted octanol–water partition coefficient (Wildman–Crippen LogP) is 0.630. The zero-order valence-corrected chi connectivity index (χ0v) is 14.7. The minimum atomic E-state index is -2.17. The van der Waals surface area contributed by atoms with Crippen LogP contribution in [0.15, 0.2) is 34.9 Å². The Morgan fingerprint density at radius 2 is 2.26 bits per heavy atom. The van der Waals surface area contributed by atoms with Crippen LogP contribution in [0.4, 0.5) is 0 Å². The molecule has 9 heteroatoms. The molecule has 2 amide bonds. The number of furan rings is 1. The van der Waals surface area contributed by atoms with Crippen LogP contribution < -0.4 is 15.8 Å². The second-order valence-electron chi connectivity index (χ2n) is 5.85. The van der Waals surface area contributed by atoms with Crippen LogP contribution in [0.1, 0.15) is 24.6 Å². The van der Waals surface area contributed by atoms with Gasteiger partial charge < -0.3 is 25.3 Å². The van der Waals surface area contributed by atoms with Crippen LogP contribution in [0, 0.1) is 6.92 Å². The number of aliphatic hydroxyl groups excluding tert-OH is 1. The summed E-state index contributed by atoms with van der Waals surface area (Å²) in [5, 5.41) is 15.8. The van der Waals surface area contributed by atoms with Gasteiger partial charge in [0.15, 0.2) is 0 Å². The average molecular weight is 374 g/mol. The lowest BCUT2D eigenvalue weighted by molar-refractivity contribution is -0.120. The van der Waals surface area contributed by atoms with Gasteiger partial charge in [0.1, 0.15) is 29.7 Å². The van der Waals surface area contributed by atoms with Gasteiger partial charge in [-0.25, -0.2) is 0 Å². The van der Waals surface area contributed by atoms with Crippen molar-refractivity contribution in [3.8, 4) is 5.75 Å². The molecule has 0 saturated carbocycles. The van der Waals surface area contributed by atoms with E-state index in [1.54, 1.807) is 20.0 Å². The van der Waals surface area contributed by atoms with E-state index in [0.29, 0.717) is 11.0 Å². The van der Waals surface area contributed by atoms with Crippen molar-refractivity contribution < 1.29 is 26.6 Å². The van der Waals surface area contributed by atoms with E-state index in [4.69, 9.17) is 17.6 Å². The first-order valence-corrected chi connectivity index (χ1v) is 8.05. The van der Waals surface area contributed by atoms with Gasteiger partial charge >= 0.3 is 0 Å². The van der Waals surface area contributed by atoms with E-state index >= 15 is 0 Å². The van der Waals surface area contributed by atoms with Crippen LogP contribution in [0.3, 0.4) is 0 Å². The van der Waals surface area contributed by atoms with Gasteiger partial charge in [-0.1, -0.05) is 0 Å². The number of aryl methyl sites for hydroxylation is 2. The minimum Gasteiger partial charge on any atom is -0.487 e. The molecular formula is C18H20N4O5. The predicted molar refractivity (Wildman–Crippen MR) is 96.0 cm³/mol. The Bertz CT molecular complexity index is 1080. The number of amides is 2. The summed E-state index contributed by atoms with van der Waals surface area (Å²) < 4.78 is 28.8. The van der Waals surface area contributed by atoms with Gasteiger partial charge in [-0.05, 0) is 31.2 Å². The zero-order chi connectivity index (χ0) is 21.3. The third-order valence-electron chi connectivity index (χ3n) is 3.99. The van der Waals surface area contributed by atoms with Gasteiger partial charge in [0, 0.05) is 18.6 Å². The van der Waals surface area contributed by atoms with Crippen LogP contribution in [0.2, 0.25) is 0 Å². The molecule has 2 heterocycles. The highest BCUT2D eigenvalue weighted by molar-refractivity contribution is 6.08. The maximum Gasteiger partial charge on any atom is 0.256 e. The number of aromatic nitrogens is 2. The van der Waals surface area contributed by atoms with Crippen LogP contribution in [0.25, 0.3) is 11.0 Å². The monoisotopic (exact) mass is 374 g/mol. The Labute approximate surface area is 157 Å². The molecule has 1 atom stereocenters.